The molecule has 5 atom stereocenters. The molecule has 0 spiro atoms. The van der Waals surface area contributed by atoms with Gasteiger partial charge >= 0.3 is 5.97 Å². The minimum absolute atomic E-state index is 0.253. The number of aliphatic hydroxyl groups is 2. The monoisotopic (exact) mass is 423 g/mol. The minimum Gasteiger partial charge on any atom is -0.480 e. The smallest absolute Gasteiger partial charge is 0.328 e. The number of primary amides is 1. The van der Waals surface area contributed by atoms with Crippen molar-refractivity contribution in [2.75, 3.05) is 12.4 Å². The number of carbonyl (C=O) groups is 5. The van der Waals surface area contributed by atoms with Gasteiger partial charge in [0.1, 0.15) is 18.1 Å². The Morgan fingerprint density at radius 2 is 1.54 bits per heavy atom. The number of carboxylic acid groups (broad SMARTS) is 1. The summed E-state index contributed by atoms with van der Waals surface area (Å²) < 4.78 is 0. The second-order valence-corrected chi connectivity index (χ2v) is 6.19. The molecule has 10 N–H and O–H groups in total. The zero-order valence-corrected chi connectivity index (χ0v) is 15.9. The van der Waals surface area contributed by atoms with Gasteiger partial charge in [-0.3, -0.25) is 19.2 Å². The van der Waals surface area contributed by atoms with Gasteiger partial charge in [0.05, 0.1) is 25.2 Å². The van der Waals surface area contributed by atoms with Gasteiger partial charge in [-0.05, 0) is 6.92 Å². The molecule has 0 aliphatic heterocycles. The number of rotatable bonds is 12. The van der Waals surface area contributed by atoms with Crippen LogP contribution in [0, 0.1) is 0 Å². The molecule has 0 aromatic carbocycles. The maximum absolute atomic E-state index is 12.3. The largest absolute Gasteiger partial charge is 0.480 e. The maximum Gasteiger partial charge on any atom is 0.328 e. The first-order valence-corrected chi connectivity index (χ1v) is 8.65. The number of carbonyl (C=O) groups excluding carboxylic acids is 4. The van der Waals surface area contributed by atoms with Gasteiger partial charge in [0.15, 0.2) is 0 Å². The van der Waals surface area contributed by atoms with Gasteiger partial charge in [0, 0.05) is 5.75 Å². The summed E-state index contributed by atoms with van der Waals surface area (Å²) in [6.45, 7) is 0.310. The average Bonchev–Trinajstić information content (AvgIpc) is 2.59. The number of thiol groups is 1. The van der Waals surface area contributed by atoms with Crippen molar-refractivity contribution in [3.05, 3.63) is 0 Å². The average molecular weight is 423 g/mol. The SMILES string of the molecule is CC(O)C(NC(=O)C(N)CC(N)=O)C(=O)NC(CS)C(=O)NC(CO)C(=O)O. The van der Waals surface area contributed by atoms with Crippen molar-refractivity contribution in [3.63, 3.8) is 0 Å². The molecule has 0 aromatic rings. The standard InChI is InChI=1S/C14H25N5O8S/c1-5(21)10(19-11(23)6(15)2-9(16)22)13(25)18-8(4-28)12(24)17-7(3-20)14(26)27/h5-8,10,20-21,28H,2-4,15H2,1H3,(H2,16,22)(H,17,24)(H,18,25)(H,19,23)(H,26,27). The number of hydrogen-bond acceptors (Lipinski definition) is 9. The number of nitrogens with one attached hydrogen (secondary N) is 3. The molecule has 0 heterocycles. The van der Waals surface area contributed by atoms with Gasteiger partial charge in [0.2, 0.25) is 23.6 Å². The molecule has 0 saturated carbocycles. The second kappa shape index (κ2) is 12.1. The molecule has 160 valence electrons. The summed E-state index contributed by atoms with van der Waals surface area (Å²) in [6, 6.07) is -5.81. The van der Waals surface area contributed by atoms with E-state index >= 15 is 0 Å². The molecular weight excluding hydrogens is 398 g/mol. The van der Waals surface area contributed by atoms with Crippen molar-refractivity contribution in [1.82, 2.24) is 16.0 Å². The Balaban J connectivity index is 5.09. The van der Waals surface area contributed by atoms with E-state index in [1.807, 2.05) is 5.32 Å². The van der Waals surface area contributed by atoms with E-state index in [1.165, 1.54) is 6.92 Å². The second-order valence-electron chi connectivity index (χ2n) is 5.83. The number of aliphatic carboxylic acids is 1. The molecule has 0 rings (SSSR count). The highest BCUT2D eigenvalue weighted by molar-refractivity contribution is 7.80. The molecule has 0 radical (unpaired) electrons. The Labute approximate surface area is 165 Å². The van der Waals surface area contributed by atoms with Gasteiger partial charge in [-0.25, -0.2) is 4.79 Å². The fourth-order valence-corrected chi connectivity index (χ4v) is 2.15. The molecule has 0 aromatic heterocycles. The van der Waals surface area contributed by atoms with E-state index in [-0.39, 0.29) is 5.75 Å². The van der Waals surface area contributed by atoms with E-state index in [0.717, 1.165) is 0 Å². The fourth-order valence-electron chi connectivity index (χ4n) is 1.89. The first kappa shape index (κ1) is 25.6. The van der Waals surface area contributed by atoms with Crippen LogP contribution in [0.3, 0.4) is 0 Å². The topological polar surface area (TPSA) is 234 Å². The van der Waals surface area contributed by atoms with Crippen LogP contribution in [0.25, 0.3) is 0 Å². The highest BCUT2D eigenvalue weighted by Gasteiger charge is 2.32. The van der Waals surface area contributed by atoms with Crippen molar-refractivity contribution in [2.24, 2.45) is 11.5 Å². The summed E-state index contributed by atoms with van der Waals surface area (Å²) in [7, 11) is 0. The van der Waals surface area contributed by atoms with Crippen LogP contribution in [0.5, 0.6) is 0 Å². The first-order valence-electron chi connectivity index (χ1n) is 8.02. The molecule has 14 heteroatoms. The third kappa shape index (κ3) is 8.51. The van der Waals surface area contributed by atoms with E-state index in [9.17, 15) is 29.1 Å². The zero-order chi connectivity index (χ0) is 22.0. The third-order valence-corrected chi connectivity index (χ3v) is 3.80. The molecule has 13 nitrogen and oxygen atoms in total. The minimum atomic E-state index is -1.59. The third-order valence-electron chi connectivity index (χ3n) is 3.43. The quantitative estimate of drug-likeness (QED) is 0.136. The van der Waals surface area contributed by atoms with E-state index in [4.69, 9.17) is 21.7 Å². The summed E-state index contributed by atoms with van der Waals surface area (Å²) in [5.74, 6) is -5.46. The normalized spacial score (nSPS) is 16.0. The Bertz CT molecular complexity index is 602. The van der Waals surface area contributed by atoms with Crippen molar-refractivity contribution in [1.29, 1.82) is 0 Å². The van der Waals surface area contributed by atoms with Crippen LogP contribution in [0.15, 0.2) is 0 Å². The molecule has 0 aliphatic rings. The molecule has 5 unspecified atom stereocenters. The fraction of sp³-hybridized carbons (Fsp3) is 0.643. The van der Waals surface area contributed by atoms with Crippen LogP contribution in [0.2, 0.25) is 0 Å². The van der Waals surface area contributed by atoms with E-state index in [0.29, 0.717) is 0 Å². The van der Waals surface area contributed by atoms with Crippen molar-refractivity contribution in [3.8, 4) is 0 Å². The first-order chi connectivity index (χ1) is 12.9. The Morgan fingerprint density at radius 3 is 1.93 bits per heavy atom. The highest BCUT2D eigenvalue weighted by atomic mass is 32.1. The van der Waals surface area contributed by atoms with Crippen LogP contribution in [0.1, 0.15) is 13.3 Å². The van der Waals surface area contributed by atoms with Gasteiger partial charge < -0.3 is 42.7 Å². The number of amides is 4. The van der Waals surface area contributed by atoms with Crippen LogP contribution in [0.4, 0.5) is 0 Å². The maximum atomic E-state index is 12.3. The predicted molar refractivity (Wildman–Crippen MR) is 97.8 cm³/mol. The van der Waals surface area contributed by atoms with Crippen LogP contribution < -0.4 is 27.4 Å². The van der Waals surface area contributed by atoms with Gasteiger partial charge in [-0.2, -0.15) is 12.6 Å². The molecule has 4 amide bonds. The van der Waals surface area contributed by atoms with Crippen molar-refractivity contribution in [2.45, 2.75) is 43.6 Å². The molecule has 0 fully saturated rings. The number of aliphatic hydroxyl groups excluding tert-OH is 2. The van der Waals surface area contributed by atoms with Gasteiger partial charge in [0.25, 0.3) is 0 Å². The number of nitrogens with two attached hydrogens (primary N) is 2. The van der Waals surface area contributed by atoms with Crippen LogP contribution in [-0.4, -0.2) is 87.5 Å². The van der Waals surface area contributed by atoms with Gasteiger partial charge in [-0.1, -0.05) is 0 Å². The lowest BCUT2D eigenvalue weighted by Gasteiger charge is -2.25. The van der Waals surface area contributed by atoms with E-state index in [1.54, 1.807) is 0 Å². The number of carboxylic acids is 1. The molecule has 0 bridgehead atoms. The lowest BCUT2D eigenvalue weighted by atomic mass is 10.1. The highest BCUT2D eigenvalue weighted by Crippen LogP contribution is 1.99. The zero-order valence-electron chi connectivity index (χ0n) is 15.0. The van der Waals surface area contributed by atoms with Crippen LogP contribution >= 0.6 is 12.6 Å². The van der Waals surface area contributed by atoms with Crippen molar-refractivity contribution < 1.29 is 39.3 Å². The Kier molecular flexibility index (Phi) is 11.1. The van der Waals surface area contributed by atoms with Crippen molar-refractivity contribution >= 4 is 42.2 Å². The summed E-state index contributed by atoms with van der Waals surface area (Å²) in [4.78, 5) is 58.0. The predicted octanol–water partition coefficient (Wildman–Crippen LogP) is -4.97. The molecule has 28 heavy (non-hydrogen) atoms. The summed E-state index contributed by atoms with van der Waals surface area (Å²) >= 11 is 3.89. The van der Waals surface area contributed by atoms with Crippen LogP contribution in [-0.2, 0) is 24.0 Å². The summed E-state index contributed by atoms with van der Waals surface area (Å²) in [6.07, 6.45) is -1.89. The Morgan fingerprint density at radius 1 is 1.00 bits per heavy atom. The van der Waals surface area contributed by atoms with Gasteiger partial charge in [-0.15, -0.1) is 0 Å². The lowest BCUT2D eigenvalue weighted by molar-refractivity contribution is -0.143. The summed E-state index contributed by atoms with van der Waals surface area (Å²) in [5, 5.41) is 33.8. The lowest BCUT2D eigenvalue weighted by Crippen LogP contribution is -2.60. The Hall–Kier alpha value is -2.42. The summed E-state index contributed by atoms with van der Waals surface area (Å²) in [5.41, 5.74) is 10.4. The van der Waals surface area contributed by atoms with E-state index < -0.39 is 72.9 Å². The molecule has 0 aliphatic carbocycles. The number of hydrogen-bond donors (Lipinski definition) is 9. The molecule has 0 saturated heterocycles. The molecular formula is C14H25N5O8S. The van der Waals surface area contributed by atoms with E-state index in [2.05, 4.69) is 23.3 Å².